The predicted molar refractivity (Wildman–Crippen MR) is 93.6 cm³/mol. The second-order valence-corrected chi connectivity index (χ2v) is 6.25. The fourth-order valence-corrected chi connectivity index (χ4v) is 2.65. The highest BCUT2D eigenvalue weighted by Crippen LogP contribution is 2.12. The van der Waals surface area contributed by atoms with Gasteiger partial charge in [0, 0.05) is 13.0 Å². The summed E-state index contributed by atoms with van der Waals surface area (Å²) in [6, 6.07) is 2.03. The van der Waals surface area contributed by atoms with Crippen LogP contribution in [0.1, 0.15) is 103 Å². The van der Waals surface area contributed by atoms with Crippen LogP contribution in [-0.4, -0.2) is 12.5 Å². The topological polar surface area (TPSA) is 52.9 Å². The van der Waals surface area contributed by atoms with E-state index in [0.29, 0.717) is 19.4 Å². The quantitative estimate of drug-likeness (QED) is 0.383. The third kappa shape index (κ3) is 17.0. The number of nitrogens with zero attached hydrogens (tertiary/aromatic N) is 1. The molecule has 0 aliphatic rings. The van der Waals surface area contributed by atoms with Crippen LogP contribution in [0.25, 0.3) is 0 Å². The summed E-state index contributed by atoms with van der Waals surface area (Å²) >= 11 is 0. The SMILES string of the molecule is CCCCCCCCCCCCCCCC(=O)NCCC#N. The molecule has 0 atom stereocenters. The van der Waals surface area contributed by atoms with Gasteiger partial charge in [0.15, 0.2) is 0 Å². The molecule has 0 fully saturated rings. The van der Waals surface area contributed by atoms with Gasteiger partial charge in [0.25, 0.3) is 0 Å². The maximum Gasteiger partial charge on any atom is 0.220 e. The molecule has 0 unspecified atom stereocenters. The van der Waals surface area contributed by atoms with Gasteiger partial charge in [0.2, 0.25) is 5.91 Å². The summed E-state index contributed by atoms with van der Waals surface area (Å²) in [5.74, 6) is 0.0957. The highest BCUT2D eigenvalue weighted by Gasteiger charge is 2.00. The lowest BCUT2D eigenvalue weighted by atomic mass is 10.0. The number of hydrogen-bond acceptors (Lipinski definition) is 2. The molecule has 3 nitrogen and oxygen atoms in total. The predicted octanol–water partition coefficient (Wildman–Crippen LogP) is 5.50. The van der Waals surface area contributed by atoms with Crippen molar-refractivity contribution >= 4 is 5.91 Å². The fourth-order valence-electron chi connectivity index (χ4n) is 2.65. The number of rotatable bonds is 16. The summed E-state index contributed by atoms with van der Waals surface area (Å²) in [7, 11) is 0. The number of unbranched alkanes of at least 4 members (excludes halogenated alkanes) is 12. The normalized spacial score (nSPS) is 10.4. The molecule has 0 aromatic carbocycles. The second kappa shape index (κ2) is 18.0. The molecule has 0 heterocycles. The van der Waals surface area contributed by atoms with Gasteiger partial charge in [-0.2, -0.15) is 5.26 Å². The zero-order chi connectivity index (χ0) is 16.3. The third-order valence-corrected chi connectivity index (χ3v) is 4.07. The first-order valence-electron chi connectivity index (χ1n) is 9.45. The number of hydrogen-bond donors (Lipinski definition) is 1. The van der Waals surface area contributed by atoms with Gasteiger partial charge in [-0.15, -0.1) is 0 Å². The van der Waals surface area contributed by atoms with Crippen LogP contribution in [0.2, 0.25) is 0 Å². The summed E-state index contributed by atoms with van der Waals surface area (Å²) in [5, 5.41) is 11.1. The molecule has 0 bridgehead atoms. The van der Waals surface area contributed by atoms with Crippen molar-refractivity contribution < 1.29 is 4.79 Å². The van der Waals surface area contributed by atoms with E-state index in [9.17, 15) is 4.79 Å². The van der Waals surface area contributed by atoms with Crippen molar-refractivity contribution in [3.05, 3.63) is 0 Å². The molecule has 0 radical (unpaired) electrons. The average Bonchev–Trinajstić information content (AvgIpc) is 2.52. The van der Waals surface area contributed by atoms with E-state index in [1.54, 1.807) is 0 Å². The maximum absolute atomic E-state index is 11.4. The molecule has 0 spiro atoms. The zero-order valence-corrected chi connectivity index (χ0v) is 14.7. The highest BCUT2D eigenvalue weighted by molar-refractivity contribution is 5.75. The van der Waals surface area contributed by atoms with Crippen LogP contribution in [0.4, 0.5) is 0 Å². The average molecular weight is 309 g/mol. The molecule has 0 aliphatic heterocycles. The molecular weight excluding hydrogens is 272 g/mol. The maximum atomic E-state index is 11.4. The van der Waals surface area contributed by atoms with Crippen LogP contribution < -0.4 is 5.32 Å². The largest absolute Gasteiger partial charge is 0.355 e. The smallest absolute Gasteiger partial charge is 0.220 e. The summed E-state index contributed by atoms with van der Waals surface area (Å²) in [4.78, 5) is 11.4. The number of carbonyl (C=O) groups is 1. The first kappa shape index (κ1) is 21.0. The van der Waals surface area contributed by atoms with Crippen LogP contribution in [0.5, 0.6) is 0 Å². The van der Waals surface area contributed by atoms with Gasteiger partial charge in [-0.05, 0) is 6.42 Å². The Balaban J connectivity index is 3.08. The van der Waals surface area contributed by atoms with E-state index in [1.807, 2.05) is 6.07 Å². The van der Waals surface area contributed by atoms with Crippen molar-refractivity contribution in [2.24, 2.45) is 0 Å². The minimum Gasteiger partial charge on any atom is -0.355 e. The second-order valence-electron chi connectivity index (χ2n) is 6.25. The van der Waals surface area contributed by atoms with E-state index < -0.39 is 0 Å². The van der Waals surface area contributed by atoms with E-state index in [4.69, 9.17) is 5.26 Å². The minimum atomic E-state index is 0.0957. The van der Waals surface area contributed by atoms with Crippen LogP contribution in [0, 0.1) is 11.3 Å². The lowest BCUT2D eigenvalue weighted by Gasteiger charge is -2.04. The molecule has 1 N–H and O–H groups in total. The molecule has 0 aliphatic carbocycles. The summed E-state index contributed by atoms with van der Waals surface area (Å²) < 4.78 is 0. The molecule has 22 heavy (non-hydrogen) atoms. The third-order valence-electron chi connectivity index (χ3n) is 4.07. The molecule has 0 saturated heterocycles. The Labute approximate surface area is 137 Å². The van der Waals surface area contributed by atoms with Crippen LogP contribution in [0.3, 0.4) is 0 Å². The lowest BCUT2D eigenvalue weighted by Crippen LogP contribution is -2.23. The van der Waals surface area contributed by atoms with Crippen molar-refractivity contribution in [3.63, 3.8) is 0 Å². The number of nitriles is 1. The minimum absolute atomic E-state index is 0.0957. The van der Waals surface area contributed by atoms with Gasteiger partial charge in [-0.25, -0.2) is 0 Å². The van der Waals surface area contributed by atoms with Gasteiger partial charge < -0.3 is 5.32 Å². The molecule has 1 amide bonds. The summed E-state index contributed by atoms with van der Waals surface area (Å²) in [6.45, 7) is 2.76. The number of nitrogens with one attached hydrogen (secondary N) is 1. The Morgan fingerprint density at radius 3 is 1.73 bits per heavy atom. The first-order chi connectivity index (χ1) is 10.8. The van der Waals surface area contributed by atoms with Crippen LogP contribution in [-0.2, 0) is 4.79 Å². The van der Waals surface area contributed by atoms with Crippen LogP contribution in [0.15, 0.2) is 0 Å². The Morgan fingerprint density at radius 2 is 1.27 bits per heavy atom. The first-order valence-corrected chi connectivity index (χ1v) is 9.45. The Morgan fingerprint density at radius 1 is 0.818 bits per heavy atom. The molecule has 0 saturated carbocycles. The van der Waals surface area contributed by atoms with Gasteiger partial charge in [-0.1, -0.05) is 84.0 Å². The van der Waals surface area contributed by atoms with E-state index in [-0.39, 0.29) is 5.91 Å². The fraction of sp³-hybridized carbons (Fsp3) is 0.895. The zero-order valence-electron chi connectivity index (χ0n) is 14.7. The van der Waals surface area contributed by atoms with E-state index in [0.717, 1.165) is 12.8 Å². The molecule has 3 heteroatoms. The van der Waals surface area contributed by atoms with Crippen molar-refractivity contribution in [2.75, 3.05) is 6.54 Å². The highest BCUT2D eigenvalue weighted by atomic mass is 16.1. The number of carbonyl (C=O) groups excluding carboxylic acids is 1. The van der Waals surface area contributed by atoms with E-state index in [2.05, 4.69) is 12.2 Å². The van der Waals surface area contributed by atoms with Crippen molar-refractivity contribution in [3.8, 4) is 6.07 Å². The Hall–Kier alpha value is -1.04. The molecular formula is C19H36N2O. The summed E-state index contributed by atoms with van der Waals surface area (Å²) in [5.41, 5.74) is 0. The molecule has 128 valence electrons. The lowest BCUT2D eigenvalue weighted by molar-refractivity contribution is -0.121. The van der Waals surface area contributed by atoms with Crippen molar-refractivity contribution in [2.45, 2.75) is 103 Å². The van der Waals surface area contributed by atoms with Gasteiger partial charge in [-0.3, -0.25) is 4.79 Å². The standard InChI is InChI=1S/C19H36N2O/c1-2-3-4-5-6-7-8-9-10-11-12-13-14-16-19(22)21-18-15-17-20/h2-16,18H2,1H3,(H,21,22). The number of amides is 1. The Bertz CT molecular complexity index is 284. The van der Waals surface area contributed by atoms with Crippen LogP contribution >= 0.6 is 0 Å². The van der Waals surface area contributed by atoms with Gasteiger partial charge >= 0.3 is 0 Å². The Kier molecular flexibility index (Phi) is 17.2. The van der Waals surface area contributed by atoms with Crippen molar-refractivity contribution in [1.82, 2.24) is 5.32 Å². The molecule has 0 rings (SSSR count). The molecule has 0 aromatic rings. The summed E-state index contributed by atoms with van der Waals surface area (Å²) in [6.07, 6.45) is 18.2. The van der Waals surface area contributed by atoms with Gasteiger partial charge in [0.05, 0.1) is 12.5 Å². The van der Waals surface area contributed by atoms with E-state index >= 15 is 0 Å². The van der Waals surface area contributed by atoms with Gasteiger partial charge in [0.1, 0.15) is 0 Å². The monoisotopic (exact) mass is 308 g/mol. The van der Waals surface area contributed by atoms with Crippen molar-refractivity contribution in [1.29, 1.82) is 5.26 Å². The molecule has 0 aromatic heterocycles. The van der Waals surface area contributed by atoms with E-state index in [1.165, 1.54) is 70.6 Å².